The Hall–Kier alpha value is -1.25. The number of hydrogen-bond acceptors (Lipinski definition) is 1. The van der Waals surface area contributed by atoms with Crippen LogP contribution in [0.1, 0.15) is 0 Å². The lowest BCUT2D eigenvalue weighted by Crippen LogP contribution is -1.82. The van der Waals surface area contributed by atoms with Crippen molar-refractivity contribution in [2.75, 3.05) is 0 Å². The summed E-state index contributed by atoms with van der Waals surface area (Å²) in [5.74, 6) is -0.425. The second-order valence-corrected chi connectivity index (χ2v) is 4.10. The van der Waals surface area contributed by atoms with Gasteiger partial charge in [-0.15, -0.1) is 0 Å². The Bertz CT molecular complexity index is 541. The molecule has 1 N–H and O–H groups in total. The molecule has 0 spiro atoms. The van der Waals surface area contributed by atoms with Crippen LogP contribution in [-0.4, -0.2) is 5.11 Å². The molecule has 82 valence electrons. The third kappa shape index (κ3) is 2.13. The van der Waals surface area contributed by atoms with E-state index in [1.165, 1.54) is 18.2 Å². The summed E-state index contributed by atoms with van der Waals surface area (Å²) in [5, 5.41) is 10.0. The molecule has 0 heterocycles. The van der Waals surface area contributed by atoms with E-state index in [1.807, 2.05) is 0 Å². The molecule has 0 aliphatic carbocycles. The van der Waals surface area contributed by atoms with Crippen LogP contribution in [0.5, 0.6) is 5.75 Å². The van der Waals surface area contributed by atoms with E-state index in [0.717, 1.165) is 0 Å². The minimum atomic E-state index is -0.396. The Kier molecular flexibility index (Phi) is 3.03. The van der Waals surface area contributed by atoms with Gasteiger partial charge < -0.3 is 5.11 Å². The molecule has 0 atom stereocenters. The van der Waals surface area contributed by atoms with E-state index in [4.69, 9.17) is 23.2 Å². The SMILES string of the molecule is Oc1cc(-c2ccc(F)cc2Cl)ccc1Cl. The molecule has 0 unspecified atom stereocenters. The summed E-state index contributed by atoms with van der Waals surface area (Å²) < 4.78 is 12.9. The van der Waals surface area contributed by atoms with E-state index in [1.54, 1.807) is 18.2 Å². The molecule has 0 saturated heterocycles. The van der Waals surface area contributed by atoms with E-state index in [2.05, 4.69) is 0 Å². The Labute approximate surface area is 102 Å². The van der Waals surface area contributed by atoms with Crippen molar-refractivity contribution < 1.29 is 9.50 Å². The monoisotopic (exact) mass is 256 g/mol. The first kappa shape index (κ1) is 11.2. The van der Waals surface area contributed by atoms with Gasteiger partial charge >= 0.3 is 0 Å². The molecule has 0 amide bonds. The van der Waals surface area contributed by atoms with Crippen molar-refractivity contribution in [2.45, 2.75) is 0 Å². The van der Waals surface area contributed by atoms with Gasteiger partial charge in [0.2, 0.25) is 0 Å². The van der Waals surface area contributed by atoms with Crippen LogP contribution in [0.2, 0.25) is 10.0 Å². The molecule has 2 rings (SSSR count). The molecule has 1 nitrogen and oxygen atoms in total. The number of phenolic OH excluding ortho intramolecular Hbond substituents is 1. The Morgan fingerprint density at radius 3 is 2.31 bits per heavy atom. The number of hydrogen-bond donors (Lipinski definition) is 1. The lowest BCUT2D eigenvalue weighted by atomic mass is 10.1. The molecule has 2 aromatic rings. The van der Waals surface area contributed by atoms with Gasteiger partial charge in [0.25, 0.3) is 0 Å². The number of aromatic hydroxyl groups is 1. The van der Waals surface area contributed by atoms with Gasteiger partial charge in [-0.1, -0.05) is 29.3 Å². The molecule has 0 aromatic heterocycles. The Balaban J connectivity index is 2.54. The molecule has 0 radical (unpaired) electrons. The van der Waals surface area contributed by atoms with E-state index >= 15 is 0 Å². The normalized spacial score (nSPS) is 10.4. The zero-order valence-corrected chi connectivity index (χ0v) is 9.56. The largest absolute Gasteiger partial charge is 0.506 e. The van der Waals surface area contributed by atoms with Crippen molar-refractivity contribution in [3.05, 3.63) is 52.3 Å². The first-order valence-electron chi connectivity index (χ1n) is 4.52. The van der Waals surface area contributed by atoms with Crippen LogP contribution in [-0.2, 0) is 0 Å². The molecular weight excluding hydrogens is 250 g/mol. The van der Waals surface area contributed by atoms with Crippen LogP contribution in [0, 0.1) is 5.82 Å². The average Bonchev–Trinajstić information content (AvgIpc) is 2.22. The van der Waals surface area contributed by atoms with Crippen molar-refractivity contribution in [1.29, 1.82) is 0 Å². The zero-order chi connectivity index (χ0) is 11.7. The summed E-state index contributed by atoms with van der Waals surface area (Å²) in [6.07, 6.45) is 0. The van der Waals surface area contributed by atoms with Gasteiger partial charge in [0, 0.05) is 5.56 Å². The summed E-state index contributed by atoms with van der Waals surface area (Å²) in [4.78, 5) is 0. The van der Waals surface area contributed by atoms with E-state index in [0.29, 0.717) is 16.1 Å². The van der Waals surface area contributed by atoms with E-state index in [9.17, 15) is 9.50 Å². The topological polar surface area (TPSA) is 20.2 Å². The summed E-state index contributed by atoms with van der Waals surface area (Å²) in [5.41, 5.74) is 1.34. The minimum absolute atomic E-state index is 0.0282. The van der Waals surface area contributed by atoms with Crippen molar-refractivity contribution in [1.82, 2.24) is 0 Å². The van der Waals surface area contributed by atoms with Gasteiger partial charge in [0.05, 0.1) is 10.0 Å². The standard InChI is InChI=1S/C12H7Cl2FO/c13-10-4-1-7(5-12(10)16)9-3-2-8(15)6-11(9)14/h1-6,16H. The fourth-order valence-electron chi connectivity index (χ4n) is 1.40. The van der Waals surface area contributed by atoms with E-state index < -0.39 is 5.82 Å². The molecule has 0 saturated carbocycles. The maximum absolute atomic E-state index is 12.9. The summed E-state index contributed by atoms with van der Waals surface area (Å²) in [6, 6.07) is 8.85. The fraction of sp³-hybridized carbons (Fsp3) is 0. The number of phenols is 1. The third-order valence-corrected chi connectivity index (χ3v) is 2.82. The molecule has 0 fully saturated rings. The van der Waals surface area contributed by atoms with E-state index in [-0.39, 0.29) is 10.8 Å². The summed E-state index contributed by atoms with van der Waals surface area (Å²) >= 11 is 11.6. The number of benzene rings is 2. The van der Waals surface area contributed by atoms with Gasteiger partial charge in [-0.25, -0.2) is 4.39 Å². The molecule has 0 aliphatic rings. The first-order chi connectivity index (χ1) is 7.58. The van der Waals surface area contributed by atoms with Gasteiger partial charge in [-0.05, 0) is 35.9 Å². The second kappa shape index (κ2) is 4.32. The molecule has 4 heteroatoms. The highest BCUT2D eigenvalue weighted by atomic mass is 35.5. The summed E-state index contributed by atoms with van der Waals surface area (Å²) in [6.45, 7) is 0. The molecule has 0 aliphatic heterocycles. The van der Waals surface area contributed by atoms with Gasteiger partial charge in [0.15, 0.2) is 0 Å². The Morgan fingerprint density at radius 2 is 1.69 bits per heavy atom. The molecule has 2 aromatic carbocycles. The van der Waals surface area contributed by atoms with Gasteiger partial charge in [-0.3, -0.25) is 0 Å². The molecular formula is C12H7Cl2FO. The Morgan fingerprint density at radius 1 is 0.938 bits per heavy atom. The highest BCUT2D eigenvalue weighted by Crippen LogP contribution is 2.33. The van der Waals surface area contributed by atoms with Crippen LogP contribution in [0.3, 0.4) is 0 Å². The molecule has 0 bridgehead atoms. The average molecular weight is 257 g/mol. The number of rotatable bonds is 1. The maximum Gasteiger partial charge on any atom is 0.134 e. The van der Waals surface area contributed by atoms with Gasteiger partial charge in [0.1, 0.15) is 11.6 Å². The lowest BCUT2D eigenvalue weighted by molar-refractivity contribution is 0.476. The lowest BCUT2D eigenvalue weighted by Gasteiger charge is -2.06. The number of halogens is 3. The van der Waals surface area contributed by atoms with Crippen LogP contribution in [0.15, 0.2) is 36.4 Å². The third-order valence-electron chi connectivity index (χ3n) is 2.19. The predicted molar refractivity (Wildman–Crippen MR) is 63.5 cm³/mol. The zero-order valence-electron chi connectivity index (χ0n) is 8.05. The van der Waals surface area contributed by atoms with Crippen LogP contribution in [0.25, 0.3) is 11.1 Å². The van der Waals surface area contributed by atoms with Crippen molar-refractivity contribution in [2.24, 2.45) is 0 Å². The minimum Gasteiger partial charge on any atom is -0.506 e. The molecule has 16 heavy (non-hydrogen) atoms. The first-order valence-corrected chi connectivity index (χ1v) is 5.27. The van der Waals surface area contributed by atoms with Crippen LogP contribution < -0.4 is 0 Å². The second-order valence-electron chi connectivity index (χ2n) is 3.29. The highest BCUT2D eigenvalue weighted by Gasteiger charge is 2.07. The van der Waals surface area contributed by atoms with Crippen LogP contribution >= 0.6 is 23.2 Å². The van der Waals surface area contributed by atoms with Crippen molar-refractivity contribution in [3.8, 4) is 16.9 Å². The quantitative estimate of drug-likeness (QED) is 0.797. The predicted octanol–water partition coefficient (Wildman–Crippen LogP) is 4.51. The van der Waals surface area contributed by atoms with Crippen LogP contribution in [0.4, 0.5) is 4.39 Å². The highest BCUT2D eigenvalue weighted by molar-refractivity contribution is 6.33. The van der Waals surface area contributed by atoms with Gasteiger partial charge in [-0.2, -0.15) is 0 Å². The fourth-order valence-corrected chi connectivity index (χ4v) is 1.80. The van der Waals surface area contributed by atoms with Crippen molar-refractivity contribution in [3.63, 3.8) is 0 Å². The maximum atomic E-state index is 12.9. The smallest absolute Gasteiger partial charge is 0.134 e. The van der Waals surface area contributed by atoms with Crippen molar-refractivity contribution >= 4 is 23.2 Å². The summed E-state index contributed by atoms with van der Waals surface area (Å²) in [7, 11) is 0.